The lowest BCUT2D eigenvalue weighted by atomic mass is 9.82. The Morgan fingerprint density at radius 1 is 0.913 bits per heavy atom. The van der Waals surface area contributed by atoms with E-state index in [-0.39, 0.29) is 0 Å². The molecule has 2 aromatic rings. The highest BCUT2D eigenvalue weighted by Crippen LogP contribution is 2.43. The average molecular weight is 314 g/mol. The zero-order chi connectivity index (χ0) is 16.4. The van der Waals surface area contributed by atoms with Gasteiger partial charge in [0.2, 0.25) is 0 Å². The second-order valence-corrected chi connectivity index (χ2v) is 5.72. The van der Waals surface area contributed by atoms with E-state index in [9.17, 15) is 0 Å². The summed E-state index contributed by atoms with van der Waals surface area (Å²) in [5.41, 5.74) is 2.92. The molecule has 4 heteroatoms. The standard InChI is InChI=1S/C19H22O4/c1-19(14-5-7-15(20-2)8-6-14)16-12-18(22-4)17(21-3)11-13(16)9-10-23-19/h5-8,11-12H,9-10H2,1-4H3/t19-/m0/s1. The molecule has 0 unspecified atom stereocenters. The Labute approximate surface area is 136 Å². The Morgan fingerprint density at radius 3 is 2.17 bits per heavy atom. The third-order valence-electron chi connectivity index (χ3n) is 4.53. The maximum Gasteiger partial charge on any atom is 0.161 e. The van der Waals surface area contributed by atoms with E-state index in [0.717, 1.165) is 34.8 Å². The summed E-state index contributed by atoms with van der Waals surface area (Å²) in [7, 11) is 4.98. The number of hydrogen-bond acceptors (Lipinski definition) is 4. The second-order valence-electron chi connectivity index (χ2n) is 5.72. The highest BCUT2D eigenvalue weighted by molar-refractivity contribution is 5.53. The quantitative estimate of drug-likeness (QED) is 0.865. The second kappa shape index (κ2) is 6.13. The van der Waals surface area contributed by atoms with E-state index in [1.807, 2.05) is 30.3 Å². The van der Waals surface area contributed by atoms with Gasteiger partial charge in [-0.25, -0.2) is 0 Å². The van der Waals surface area contributed by atoms with Gasteiger partial charge in [-0.15, -0.1) is 0 Å². The van der Waals surface area contributed by atoms with E-state index in [1.54, 1.807) is 21.3 Å². The van der Waals surface area contributed by atoms with Crippen LogP contribution in [0.1, 0.15) is 23.6 Å². The van der Waals surface area contributed by atoms with Crippen molar-refractivity contribution in [2.75, 3.05) is 27.9 Å². The van der Waals surface area contributed by atoms with E-state index < -0.39 is 5.60 Å². The predicted octanol–water partition coefficient (Wildman–Crippen LogP) is 3.55. The maximum atomic E-state index is 6.19. The van der Waals surface area contributed by atoms with E-state index in [4.69, 9.17) is 18.9 Å². The summed E-state index contributed by atoms with van der Waals surface area (Å²) < 4.78 is 22.3. The van der Waals surface area contributed by atoms with Crippen molar-refractivity contribution in [3.05, 3.63) is 53.1 Å². The fourth-order valence-corrected chi connectivity index (χ4v) is 3.16. The Balaban J connectivity index is 2.11. The first kappa shape index (κ1) is 15.7. The van der Waals surface area contributed by atoms with Crippen molar-refractivity contribution >= 4 is 0 Å². The van der Waals surface area contributed by atoms with Crippen LogP contribution in [-0.4, -0.2) is 27.9 Å². The lowest BCUT2D eigenvalue weighted by molar-refractivity contribution is -0.0144. The molecular weight excluding hydrogens is 292 g/mol. The molecule has 0 amide bonds. The molecule has 0 aliphatic carbocycles. The summed E-state index contributed by atoms with van der Waals surface area (Å²) in [6, 6.07) is 12.1. The van der Waals surface area contributed by atoms with Gasteiger partial charge in [0.05, 0.1) is 27.9 Å². The topological polar surface area (TPSA) is 36.9 Å². The highest BCUT2D eigenvalue weighted by atomic mass is 16.5. The first-order valence-corrected chi connectivity index (χ1v) is 7.66. The summed E-state index contributed by atoms with van der Waals surface area (Å²) in [5.74, 6) is 2.31. The van der Waals surface area contributed by atoms with Crippen LogP contribution in [0.15, 0.2) is 36.4 Å². The van der Waals surface area contributed by atoms with Crippen molar-refractivity contribution in [2.45, 2.75) is 18.9 Å². The molecule has 0 bridgehead atoms. The molecule has 0 radical (unpaired) electrons. The first-order chi connectivity index (χ1) is 11.1. The van der Waals surface area contributed by atoms with Gasteiger partial charge < -0.3 is 18.9 Å². The summed E-state index contributed by atoms with van der Waals surface area (Å²) >= 11 is 0. The average Bonchev–Trinajstić information content (AvgIpc) is 2.61. The van der Waals surface area contributed by atoms with Crippen molar-refractivity contribution in [1.82, 2.24) is 0 Å². The summed E-state index contributed by atoms with van der Waals surface area (Å²) in [4.78, 5) is 0. The fraction of sp³-hybridized carbons (Fsp3) is 0.368. The maximum absolute atomic E-state index is 6.19. The van der Waals surface area contributed by atoms with E-state index >= 15 is 0 Å². The molecule has 4 nitrogen and oxygen atoms in total. The molecule has 1 aliphatic heterocycles. The minimum Gasteiger partial charge on any atom is -0.497 e. The van der Waals surface area contributed by atoms with Crippen LogP contribution in [0.3, 0.4) is 0 Å². The molecule has 0 aromatic heterocycles. The van der Waals surface area contributed by atoms with Gasteiger partial charge in [-0.2, -0.15) is 0 Å². The normalized spacial score (nSPS) is 19.8. The van der Waals surface area contributed by atoms with Crippen LogP contribution in [-0.2, 0) is 16.8 Å². The van der Waals surface area contributed by atoms with Gasteiger partial charge in [-0.1, -0.05) is 12.1 Å². The van der Waals surface area contributed by atoms with Gasteiger partial charge in [0.1, 0.15) is 11.4 Å². The molecule has 1 aliphatic rings. The third-order valence-corrected chi connectivity index (χ3v) is 4.53. The zero-order valence-electron chi connectivity index (χ0n) is 14.0. The highest BCUT2D eigenvalue weighted by Gasteiger charge is 2.36. The molecule has 2 aromatic carbocycles. The molecule has 1 heterocycles. The van der Waals surface area contributed by atoms with Crippen LogP contribution < -0.4 is 14.2 Å². The monoisotopic (exact) mass is 314 g/mol. The Hall–Kier alpha value is -2.20. The van der Waals surface area contributed by atoms with E-state index in [1.165, 1.54) is 5.56 Å². The number of rotatable bonds is 4. The van der Waals surface area contributed by atoms with Crippen LogP contribution in [0.4, 0.5) is 0 Å². The number of ether oxygens (including phenoxy) is 4. The summed E-state index contributed by atoms with van der Waals surface area (Å²) in [6.07, 6.45) is 0.863. The Morgan fingerprint density at radius 2 is 1.57 bits per heavy atom. The number of fused-ring (bicyclic) bond motifs is 1. The first-order valence-electron chi connectivity index (χ1n) is 7.66. The molecule has 0 spiro atoms. The fourth-order valence-electron chi connectivity index (χ4n) is 3.16. The molecule has 0 fully saturated rings. The molecule has 3 rings (SSSR count). The molecule has 1 atom stereocenters. The molecule has 0 N–H and O–H groups in total. The van der Waals surface area contributed by atoms with Gasteiger partial charge >= 0.3 is 0 Å². The van der Waals surface area contributed by atoms with Gasteiger partial charge in [-0.05, 0) is 54.3 Å². The summed E-state index contributed by atoms with van der Waals surface area (Å²) in [6.45, 7) is 2.77. The van der Waals surface area contributed by atoms with Gasteiger partial charge in [0, 0.05) is 0 Å². The number of methoxy groups -OCH3 is 3. The minimum absolute atomic E-state index is 0.514. The smallest absolute Gasteiger partial charge is 0.161 e. The predicted molar refractivity (Wildman–Crippen MR) is 88.7 cm³/mol. The lowest BCUT2D eigenvalue weighted by Gasteiger charge is -2.37. The number of benzene rings is 2. The van der Waals surface area contributed by atoms with Crippen LogP contribution in [0.25, 0.3) is 0 Å². The van der Waals surface area contributed by atoms with E-state index in [0.29, 0.717) is 6.61 Å². The molecule has 23 heavy (non-hydrogen) atoms. The molecular formula is C19H22O4. The van der Waals surface area contributed by atoms with Crippen molar-refractivity contribution in [1.29, 1.82) is 0 Å². The third kappa shape index (κ3) is 2.63. The Kier molecular flexibility index (Phi) is 4.18. The number of hydrogen-bond donors (Lipinski definition) is 0. The van der Waals surface area contributed by atoms with Crippen molar-refractivity contribution in [2.24, 2.45) is 0 Å². The van der Waals surface area contributed by atoms with Crippen LogP contribution in [0.2, 0.25) is 0 Å². The van der Waals surface area contributed by atoms with Gasteiger partial charge in [-0.3, -0.25) is 0 Å². The minimum atomic E-state index is -0.514. The largest absolute Gasteiger partial charge is 0.497 e. The lowest BCUT2D eigenvalue weighted by Crippen LogP contribution is -2.33. The van der Waals surface area contributed by atoms with Crippen LogP contribution in [0, 0.1) is 0 Å². The van der Waals surface area contributed by atoms with Crippen molar-refractivity contribution in [3.63, 3.8) is 0 Å². The van der Waals surface area contributed by atoms with Crippen LogP contribution in [0.5, 0.6) is 17.2 Å². The van der Waals surface area contributed by atoms with Crippen molar-refractivity contribution in [3.8, 4) is 17.2 Å². The van der Waals surface area contributed by atoms with Gasteiger partial charge in [0.25, 0.3) is 0 Å². The van der Waals surface area contributed by atoms with Crippen molar-refractivity contribution < 1.29 is 18.9 Å². The molecule has 0 saturated carbocycles. The SMILES string of the molecule is COc1ccc([C@]2(C)OCCc3cc(OC)c(OC)cc32)cc1. The zero-order valence-corrected chi connectivity index (χ0v) is 14.0. The molecule has 0 saturated heterocycles. The molecule has 122 valence electrons. The van der Waals surface area contributed by atoms with Crippen LogP contribution >= 0.6 is 0 Å². The summed E-state index contributed by atoms with van der Waals surface area (Å²) in [5, 5.41) is 0. The van der Waals surface area contributed by atoms with E-state index in [2.05, 4.69) is 13.0 Å². The Bertz CT molecular complexity index is 693. The van der Waals surface area contributed by atoms with Gasteiger partial charge in [0.15, 0.2) is 11.5 Å².